The van der Waals surface area contributed by atoms with E-state index in [-0.39, 0.29) is 5.56 Å². The van der Waals surface area contributed by atoms with Crippen molar-refractivity contribution in [3.8, 4) is 11.1 Å². The van der Waals surface area contributed by atoms with Crippen molar-refractivity contribution in [2.75, 3.05) is 5.32 Å². The van der Waals surface area contributed by atoms with Crippen molar-refractivity contribution < 1.29 is 27.9 Å². The van der Waals surface area contributed by atoms with E-state index in [4.69, 9.17) is 10.8 Å². The van der Waals surface area contributed by atoms with Crippen LogP contribution in [0.15, 0.2) is 109 Å². The van der Waals surface area contributed by atoms with Crippen molar-refractivity contribution in [2.45, 2.75) is 12.7 Å². The molecular formula is C31H23F3N3O3-. The van der Waals surface area contributed by atoms with Crippen molar-refractivity contribution in [1.82, 2.24) is 4.98 Å². The normalized spacial score (nSPS) is 10.9. The molecule has 1 heterocycles. The van der Waals surface area contributed by atoms with E-state index in [0.717, 1.165) is 17.7 Å². The molecular weight excluding hydrogens is 519 g/mol. The molecule has 1 amide bonds. The number of fused-ring (bicyclic) bond motifs is 1. The summed E-state index contributed by atoms with van der Waals surface area (Å²) in [6, 6.07) is 27.3. The molecule has 0 fully saturated rings. The van der Waals surface area contributed by atoms with E-state index in [0.29, 0.717) is 39.8 Å². The van der Waals surface area contributed by atoms with Gasteiger partial charge in [-0.2, -0.15) is 13.2 Å². The van der Waals surface area contributed by atoms with Gasteiger partial charge in [-0.05, 0) is 47.5 Å². The number of anilines is 1. The molecule has 1 aromatic heterocycles. The van der Waals surface area contributed by atoms with Crippen LogP contribution < -0.4 is 5.32 Å². The first-order valence-corrected chi connectivity index (χ1v) is 12.1. The van der Waals surface area contributed by atoms with Crippen LogP contribution in [0.2, 0.25) is 0 Å². The van der Waals surface area contributed by atoms with Crippen LogP contribution in [-0.4, -0.2) is 22.0 Å². The highest BCUT2D eigenvalue weighted by molar-refractivity contribution is 6.09. The lowest BCUT2D eigenvalue weighted by Gasteiger charge is -2.12. The fraction of sp³-hybridized carbons (Fsp3) is 0.0645. The summed E-state index contributed by atoms with van der Waals surface area (Å²) in [6.07, 6.45) is -3.21. The second-order valence-corrected chi connectivity index (χ2v) is 8.67. The zero-order valence-corrected chi connectivity index (χ0v) is 20.9. The summed E-state index contributed by atoms with van der Waals surface area (Å²) in [6.45, 7) is 0.390. The molecule has 40 heavy (non-hydrogen) atoms. The summed E-state index contributed by atoms with van der Waals surface area (Å²) in [7, 11) is 0. The summed E-state index contributed by atoms with van der Waals surface area (Å²) in [4.78, 5) is 28.1. The van der Waals surface area contributed by atoms with Crippen LogP contribution in [0.25, 0.3) is 27.8 Å². The molecule has 0 saturated heterocycles. The fourth-order valence-corrected chi connectivity index (χ4v) is 3.88. The first-order chi connectivity index (χ1) is 19.2. The Morgan fingerprint density at radius 3 is 2.15 bits per heavy atom. The third-order valence-corrected chi connectivity index (χ3v) is 5.93. The summed E-state index contributed by atoms with van der Waals surface area (Å²) in [5, 5.41) is 12.4. The molecule has 0 unspecified atom stereocenters. The van der Waals surface area contributed by atoms with Gasteiger partial charge in [-0.3, -0.25) is 9.78 Å². The van der Waals surface area contributed by atoms with E-state index in [9.17, 15) is 22.8 Å². The molecule has 0 atom stereocenters. The zero-order chi connectivity index (χ0) is 28.7. The Bertz CT molecular complexity index is 1640. The van der Waals surface area contributed by atoms with Gasteiger partial charge in [0.1, 0.15) is 0 Å². The average molecular weight is 543 g/mol. The lowest BCUT2D eigenvalue weighted by Crippen LogP contribution is -2.13. The minimum atomic E-state index is -4.44. The van der Waals surface area contributed by atoms with Crippen LogP contribution in [0.5, 0.6) is 0 Å². The molecule has 0 radical (unpaired) electrons. The second-order valence-electron chi connectivity index (χ2n) is 8.67. The fourth-order valence-electron chi connectivity index (χ4n) is 3.88. The van der Waals surface area contributed by atoms with Gasteiger partial charge in [0.2, 0.25) is 0 Å². The minimum Gasteiger partial charge on any atom is -0.674 e. The number of amides is 1. The van der Waals surface area contributed by atoms with Gasteiger partial charge < -0.3 is 16.2 Å². The third kappa shape index (κ3) is 6.89. The maximum atomic E-state index is 12.9. The number of halogens is 3. The van der Waals surface area contributed by atoms with Gasteiger partial charge in [-0.1, -0.05) is 72.3 Å². The minimum absolute atomic E-state index is 0.0553. The summed E-state index contributed by atoms with van der Waals surface area (Å²) in [5.41, 5.74) is 9.52. The van der Waals surface area contributed by atoms with Gasteiger partial charge >= 0.3 is 12.1 Å². The number of hydrogen-bond acceptors (Lipinski definition) is 3. The molecule has 202 valence electrons. The number of alkyl halides is 3. The average Bonchev–Trinajstić information content (AvgIpc) is 2.97. The van der Waals surface area contributed by atoms with Crippen molar-refractivity contribution in [3.63, 3.8) is 0 Å². The van der Waals surface area contributed by atoms with Gasteiger partial charge in [-0.25, -0.2) is 4.79 Å². The van der Waals surface area contributed by atoms with Crippen LogP contribution in [0.1, 0.15) is 31.8 Å². The molecule has 5 rings (SSSR count). The van der Waals surface area contributed by atoms with E-state index in [1.807, 2.05) is 30.3 Å². The van der Waals surface area contributed by atoms with Crippen LogP contribution in [0.3, 0.4) is 0 Å². The lowest BCUT2D eigenvalue weighted by molar-refractivity contribution is -0.137. The van der Waals surface area contributed by atoms with Gasteiger partial charge in [0.05, 0.1) is 16.6 Å². The molecule has 0 aliphatic rings. The van der Waals surface area contributed by atoms with Gasteiger partial charge in [0.25, 0.3) is 5.91 Å². The van der Waals surface area contributed by atoms with Gasteiger partial charge in [-0.15, -0.1) is 6.54 Å². The standard InChI is InChI=1S/C24H15F3N2O3.C7H8N/c25-24(26,27)17-8-5-14(6-9-17)19-3-1-2-4-20(19)22(30)29-18-10-7-15-11-16(23(31)32)13-28-21(15)12-18;8-6-7-4-2-1-3-5-7/h1-13H,(H,29,30)(H,31,32);1-5,8H,6H2/q;-1. The Morgan fingerprint density at radius 1 is 0.850 bits per heavy atom. The molecule has 0 aliphatic carbocycles. The number of carbonyl (C=O) groups excluding carboxylic acids is 1. The number of aromatic carboxylic acids is 1. The SMILES string of the molecule is O=C(O)c1cnc2cc(NC(=O)c3ccccc3-c3ccc(C(F)(F)F)cc3)ccc2c1.[NH-]Cc1ccccc1. The molecule has 0 saturated carbocycles. The number of pyridine rings is 1. The molecule has 6 nitrogen and oxygen atoms in total. The van der Waals surface area contributed by atoms with Crippen molar-refractivity contribution in [2.24, 2.45) is 0 Å². The zero-order valence-electron chi connectivity index (χ0n) is 20.9. The smallest absolute Gasteiger partial charge is 0.416 e. The van der Waals surface area contributed by atoms with E-state index >= 15 is 0 Å². The topological polar surface area (TPSA) is 103 Å². The first kappa shape index (κ1) is 28.0. The summed E-state index contributed by atoms with van der Waals surface area (Å²) in [5.74, 6) is -1.53. The monoisotopic (exact) mass is 542 g/mol. The van der Waals surface area contributed by atoms with Crippen molar-refractivity contribution >= 4 is 28.5 Å². The summed E-state index contributed by atoms with van der Waals surface area (Å²) >= 11 is 0. The number of nitrogens with zero attached hydrogens (tertiary/aromatic N) is 1. The molecule has 4 aromatic carbocycles. The number of nitrogens with one attached hydrogen (secondary N) is 2. The quantitative estimate of drug-likeness (QED) is 0.234. The summed E-state index contributed by atoms with van der Waals surface area (Å²) < 4.78 is 38.5. The van der Waals surface area contributed by atoms with E-state index < -0.39 is 23.6 Å². The van der Waals surface area contributed by atoms with E-state index in [1.54, 1.807) is 42.5 Å². The number of carboxylic acid groups (broad SMARTS) is 1. The number of aromatic nitrogens is 1. The van der Waals surface area contributed by atoms with E-state index in [1.165, 1.54) is 24.4 Å². The first-order valence-electron chi connectivity index (χ1n) is 12.1. The maximum Gasteiger partial charge on any atom is 0.416 e. The van der Waals surface area contributed by atoms with E-state index in [2.05, 4.69) is 10.3 Å². The van der Waals surface area contributed by atoms with Gasteiger partial charge in [0.15, 0.2) is 0 Å². The number of hydrogen-bond donors (Lipinski definition) is 2. The Kier molecular flexibility index (Phi) is 8.56. The van der Waals surface area contributed by atoms with Crippen molar-refractivity contribution in [3.05, 3.63) is 137 Å². The highest BCUT2D eigenvalue weighted by Crippen LogP contribution is 2.32. The molecule has 9 heteroatoms. The highest BCUT2D eigenvalue weighted by atomic mass is 19.4. The number of carbonyl (C=O) groups is 2. The van der Waals surface area contributed by atoms with Crippen LogP contribution in [0, 0.1) is 0 Å². The van der Waals surface area contributed by atoms with Crippen LogP contribution in [0.4, 0.5) is 18.9 Å². The number of carboxylic acids is 1. The Labute approximate surface area is 227 Å². The molecule has 0 bridgehead atoms. The highest BCUT2D eigenvalue weighted by Gasteiger charge is 2.30. The van der Waals surface area contributed by atoms with Crippen LogP contribution in [-0.2, 0) is 12.7 Å². The largest absolute Gasteiger partial charge is 0.674 e. The Hall–Kier alpha value is -5.02. The molecule has 0 aliphatic heterocycles. The van der Waals surface area contributed by atoms with Crippen molar-refractivity contribution in [1.29, 1.82) is 0 Å². The molecule has 0 spiro atoms. The maximum absolute atomic E-state index is 12.9. The Balaban J connectivity index is 0.000000398. The number of benzene rings is 4. The Morgan fingerprint density at radius 2 is 1.52 bits per heavy atom. The lowest BCUT2D eigenvalue weighted by atomic mass is 9.98. The third-order valence-electron chi connectivity index (χ3n) is 5.93. The molecule has 3 N–H and O–H groups in total. The van der Waals surface area contributed by atoms with Gasteiger partial charge in [0, 0.05) is 22.8 Å². The predicted octanol–water partition coefficient (Wildman–Crippen LogP) is 8.11. The number of rotatable bonds is 5. The predicted molar refractivity (Wildman–Crippen MR) is 148 cm³/mol. The van der Waals surface area contributed by atoms with Crippen LogP contribution >= 0.6 is 0 Å². The molecule has 5 aromatic rings. The second kappa shape index (κ2) is 12.2.